The highest BCUT2D eigenvalue weighted by Gasteiger charge is 2.13. The third-order valence-electron chi connectivity index (χ3n) is 3.48. The fourth-order valence-electron chi connectivity index (χ4n) is 2.37. The number of hydrogen-bond donors (Lipinski definition) is 0. The van der Waals surface area contributed by atoms with Crippen LogP contribution in [0.5, 0.6) is 0 Å². The molecule has 0 atom stereocenters. The van der Waals surface area contributed by atoms with E-state index >= 15 is 0 Å². The molecular formula is C16H15ClN2S. The molecule has 0 amide bonds. The topological polar surface area (TPSA) is 25.8 Å². The van der Waals surface area contributed by atoms with Gasteiger partial charge in [0.05, 0.1) is 10.4 Å². The lowest BCUT2D eigenvalue weighted by Gasteiger charge is -2.07. The van der Waals surface area contributed by atoms with Gasteiger partial charge in [0.25, 0.3) is 0 Å². The molecule has 0 unspecified atom stereocenters. The minimum atomic E-state index is 0.538. The number of rotatable bonds is 3. The number of thiophene rings is 1. The van der Waals surface area contributed by atoms with Crippen molar-refractivity contribution >= 4 is 33.8 Å². The normalized spacial score (nSPS) is 11.2. The van der Waals surface area contributed by atoms with Crippen LogP contribution in [0.15, 0.2) is 29.6 Å². The molecule has 3 aromatic rings. The van der Waals surface area contributed by atoms with E-state index in [1.165, 1.54) is 11.1 Å². The molecule has 2 aromatic heterocycles. The SMILES string of the molecule is CCc1ccsc1-c1nc(Cl)c2cccc(CC)c2n1. The third kappa shape index (κ3) is 2.21. The molecule has 0 aliphatic carbocycles. The molecule has 2 nitrogen and oxygen atoms in total. The number of para-hydroxylation sites is 1. The average Bonchev–Trinajstić information content (AvgIpc) is 2.95. The van der Waals surface area contributed by atoms with E-state index in [1.54, 1.807) is 11.3 Å². The van der Waals surface area contributed by atoms with Crippen molar-refractivity contribution in [1.82, 2.24) is 9.97 Å². The highest BCUT2D eigenvalue weighted by atomic mass is 35.5. The Labute approximate surface area is 127 Å². The summed E-state index contributed by atoms with van der Waals surface area (Å²) in [5.41, 5.74) is 3.46. The summed E-state index contributed by atoms with van der Waals surface area (Å²) in [5, 5.41) is 3.56. The smallest absolute Gasteiger partial charge is 0.171 e. The number of fused-ring (bicyclic) bond motifs is 1. The number of halogens is 1. The molecule has 0 radical (unpaired) electrons. The van der Waals surface area contributed by atoms with Crippen molar-refractivity contribution in [2.75, 3.05) is 0 Å². The van der Waals surface area contributed by atoms with Gasteiger partial charge >= 0.3 is 0 Å². The molecule has 0 aliphatic rings. The summed E-state index contributed by atoms with van der Waals surface area (Å²) in [6.07, 6.45) is 1.92. The number of aromatic nitrogens is 2. The molecule has 0 aliphatic heterocycles. The van der Waals surface area contributed by atoms with Crippen LogP contribution in [0.25, 0.3) is 21.6 Å². The maximum Gasteiger partial charge on any atom is 0.171 e. The highest BCUT2D eigenvalue weighted by molar-refractivity contribution is 7.13. The Morgan fingerprint density at radius 3 is 2.60 bits per heavy atom. The van der Waals surface area contributed by atoms with Crippen molar-refractivity contribution in [1.29, 1.82) is 0 Å². The molecular weight excluding hydrogens is 288 g/mol. The zero-order valence-electron chi connectivity index (χ0n) is 11.5. The summed E-state index contributed by atoms with van der Waals surface area (Å²) in [5.74, 6) is 0.746. The quantitative estimate of drug-likeness (QED) is 0.626. The van der Waals surface area contributed by atoms with E-state index in [9.17, 15) is 0 Å². The molecule has 0 bridgehead atoms. The first kappa shape index (κ1) is 13.5. The summed E-state index contributed by atoms with van der Waals surface area (Å²) >= 11 is 8.03. The minimum Gasteiger partial charge on any atom is -0.227 e. The first-order chi connectivity index (χ1) is 9.74. The maximum atomic E-state index is 6.36. The summed E-state index contributed by atoms with van der Waals surface area (Å²) in [7, 11) is 0. The van der Waals surface area contributed by atoms with Crippen molar-refractivity contribution in [3.05, 3.63) is 45.9 Å². The van der Waals surface area contributed by atoms with Crippen LogP contribution >= 0.6 is 22.9 Å². The number of hydrogen-bond acceptors (Lipinski definition) is 3. The van der Waals surface area contributed by atoms with E-state index in [2.05, 4.69) is 36.3 Å². The minimum absolute atomic E-state index is 0.538. The van der Waals surface area contributed by atoms with Gasteiger partial charge in [-0.1, -0.05) is 37.6 Å². The van der Waals surface area contributed by atoms with E-state index in [0.717, 1.165) is 34.4 Å². The van der Waals surface area contributed by atoms with Crippen LogP contribution in [0.2, 0.25) is 5.15 Å². The Balaban J connectivity index is 2.28. The molecule has 0 N–H and O–H groups in total. The van der Waals surface area contributed by atoms with E-state index in [0.29, 0.717) is 5.15 Å². The van der Waals surface area contributed by atoms with Crippen LogP contribution in [0.4, 0.5) is 0 Å². The van der Waals surface area contributed by atoms with Gasteiger partial charge in [0.1, 0.15) is 5.15 Å². The molecule has 0 spiro atoms. The molecule has 0 saturated carbocycles. The second-order valence-corrected chi connectivity index (χ2v) is 5.91. The number of aryl methyl sites for hydroxylation is 2. The van der Waals surface area contributed by atoms with Gasteiger partial charge in [0, 0.05) is 5.39 Å². The zero-order chi connectivity index (χ0) is 14.1. The van der Waals surface area contributed by atoms with Gasteiger partial charge < -0.3 is 0 Å². The average molecular weight is 303 g/mol. The fraction of sp³-hybridized carbons (Fsp3) is 0.250. The van der Waals surface area contributed by atoms with Gasteiger partial charge in [0.2, 0.25) is 0 Å². The maximum absolute atomic E-state index is 6.36. The van der Waals surface area contributed by atoms with Crippen molar-refractivity contribution in [3.8, 4) is 10.7 Å². The Bertz CT molecular complexity index is 764. The summed E-state index contributed by atoms with van der Waals surface area (Å²) < 4.78 is 0. The van der Waals surface area contributed by atoms with Crippen LogP contribution in [0, 0.1) is 0 Å². The molecule has 2 heterocycles. The fourth-order valence-corrected chi connectivity index (χ4v) is 3.53. The molecule has 3 rings (SSSR count). The largest absolute Gasteiger partial charge is 0.227 e. The zero-order valence-corrected chi connectivity index (χ0v) is 13.1. The lowest BCUT2D eigenvalue weighted by atomic mass is 10.1. The van der Waals surface area contributed by atoms with E-state index in [4.69, 9.17) is 16.6 Å². The second kappa shape index (κ2) is 5.51. The predicted molar refractivity (Wildman–Crippen MR) is 86.6 cm³/mol. The number of benzene rings is 1. The molecule has 20 heavy (non-hydrogen) atoms. The second-order valence-electron chi connectivity index (χ2n) is 4.63. The Morgan fingerprint density at radius 2 is 1.85 bits per heavy atom. The van der Waals surface area contributed by atoms with Gasteiger partial charge in [-0.3, -0.25) is 0 Å². The van der Waals surface area contributed by atoms with E-state index < -0.39 is 0 Å². The van der Waals surface area contributed by atoms with Gasteiger partial charge in [0.15, 0.2) is 5.82 Å². The standard InChI is InChI=1S/C16H15ClN2S/c1-3-10-6-5-7-12-13(10)18-16(19-15(12)17)14-11(4-2)8-9-20-14/h5-9H,3-4H2,1-2H3. The molecule has 4 heteroatoms. The van der Waals surface area contributed by atoms with Crippen LogP contribution in [-0.2, 0) is 12.8 Å². The lowest BCUT2D eigenvalue weighted by molar-refractivity contribution is 1.12. The van der Waals surface area contributed by atoms with Crippen LogP contribution in [-0.4, -0.2) is 9.97 Å². The Morgan fingerprint density at radius 1 is 1.05 bits per heavy atom. The van der Waals surface area contributed by atoms with Crippen LogP contribution in [0.1, 0.15) is 25.0 Å². The highest BCUT2D eigenvalue weighted by Crippen LogP contribution is 2.31. The van der Waals surface area contributed by atoms with Crippen molar-refractivity contribution < 1.29 is 0 Å². The summed E-state index contributed by atoms with van der Waals surface area (Å²) in [6.45, 7) is 4.28. The third-order valence-corrected chi connectivity index (χ3v) is 4.72. The molecule has 1 aromatic carbocycles. The molecule has 102 valence electrons. The first-order valence-corrected chi connectivity index (χ1v) is 8.02. The van der Waals surface area contributed by atoms with Crippen molar-refractivity contribution in [2.45, 2.75) is 26.7 Å². The monoisotopic (exact) mass is 302 g/mol. The number of nitrogens with zero attached hydrogens (tertiary/aromatic N) is 2. The van der Waals surface area contributed by atoms with Gasteiger partial charge in [-0.2, -0.15) is 0 Å². The van der Waals surface area contributed by atoms with Crippen LogP contribution < -0.4 is 0 Å². The summed E-state index contributed by atoms with van der Waals surface area (Å²) in [6, 6.07) is 8.23. The summed E-state index contributed by atoms with van der Waals surface area (Å²) in [4.78, 5) is 10.4. The first-order valence-electron chi connectivity index (χ1n) is 6.76. The van der Waals surface area contributed by atoms with Crippen molar-refractivity contribution in [3.63, 3.8) is 0 Å². The van der Waals surface area contributed by atoms with E-state index in [-0.39, 0.29) is 0 Å². The van der Waals surface area contributed by atoms with Crippen LogP contribution in [0.3, 0.4) is 0 Å². The van der Waals surface area contributed by atoms with Gasteiger partial charge in [-0.05, 0) is 41.5 Å². The lowest BCUT2D eigenvalue weighted by Crippen LogP contribution is -1.95. The molecule has 0 fully saturated rings. The van der Waals surface area contributed by atoms with Gasteiger partial charge in [-0.25, -0.2) is 9.97 Å². The van der Waals surface area contributed by atoms with Gasteiger partial charge in [-0.15, -0.1) is 11.3 Å². The van der Waals surface area contributed by atoms with Crippen molar-refractivity contribution in [2.24, 2.45) is 0 Å². The Hall–Kier alpha value is -1.45. The Kier molecular flexibility index (Phi) is 3.72. The molecule has 0 saturated heterocycles. The van der Waals surface area contributed by atoms with E-state index in [1.807, 2.05) is 12.1 Å². The predicted octanol–water partition coefficient (Wildman–Crippen LogP) is 5.14.